The van der Waals surface area contributed by atoms with Gasteiger partial charge >= 0.3 is 11.9 Å². The lowest BCUT2D eigenvalue weighted by atomic mass is 10.0. The van der Waals surface area contributed by atoms with Gasteiger partial charge in [-0.15, -0.1) is 0 Å². The summed E-state index contributed by atoms with van der Waals surface area (Å²) in [7, 11) is 0. The zero-order chi connectivity index (χ0) is 24.2. The Morgan fingerprint density at radius 2 is 0.941 bits per heavy atom. The number of ether oxygens (including phenoxy) is 4. The lowest BCUT2D eigenvalue weighted by molar-refractivity contribution is -0.144. The Kier molecular flexibility index (Phi) is 10.0. The SMILES string of the molecule is CCOC(=O)CCCCOc1c2ccccc2c(OCCCCC(=O)OCC)c2ccccc12. The van der Waals surface area contributed by atoms with E-state index in [2.05, 4.69) is 0 Å². The molecule has 0 atom stereocenters. The molecule has 3 rings (SSSR count). The molecule has 0 saturated carbocycles. The topological polar surface area (TPSA) is 71.1 Å². The Balaban J connectivity index is 1.73. The summed E-state index contributed by atoms with van der Waals surface area (Å²) in [5.41, 5.74) is 0. The van der Waals surface area contributed by atoms with Gasteiger partial charge in [-0.1, -0.05) is 48.5 Å². The third kappa shape index (κ3) is 6.86. The molecule has 34 heavy (non-hydrogen) atoms. The van der Waals surface area contributed by atoms with E-state index in [0.29, 0.717) is 39.3 Å². The second-order valence-corrected chi connectivity index (χ2v) is 7.97. The number of hydrogen-bond donors (Lipinski definition) is 0. The molecule has 3 aromatic rings. The van der Waals surface area contributed by atoms with Crippen LogP contribution in [0.1, 0.15) is 52.4 Å². The van der Waals surface area contributed by atoms with Gasteiger partial charge in [0, 0.05) is 34.4 Å². The first kappa shape index (κ1) is 25.3. The first-order valence-electron chi connectivity index (χ1n) is 12.2. The molecule has 0 radical (unpaired) electrons. The van der Waals surface area contributed by atoms with Gasteiger partial charge in [0.15, 0.2) is 0 Å². The molecule has 0 aliphatic rings. The molecule has 6 heteroatoms. The Labute approximate surface area is 201 Å². The number of hydrogen-bond acceptors (Lipinski definition) is 6. The average Bonchev–Trinajstić information content (AvgIpc) is 2.84. The van der Waals surface area contributed by atoms with Crippen LogP contribution in [0.25, 0.3) is 21.5 Å². The highest BCUT2D eigenvalue weighted by Crippen LogP contribution is 2.42. The maximum atomic E-state index is 11.6. The normalized spacial score (nSPS) is 10.9. The predicted molar refractivity (Wildman–Crippen MR) is 133 cm³/mol. The molecule has 0 aliphatic heterocycles. The molecule has 182 valence electrons. The van der Waals surface area contributed by atoms with Gasteiger partial charge in [-0.3, -0.25) is 9.59 Å². The van der Waals surface area contributed by atoms with Crippen molar-refractivity contribution in [1.82, 2.24) is 0 Å². The summed E-state index contributed by atoms with van der Waals surface area (Å²) >= 11 is 0. The molecule has 0 bridgehead atoms. The summed E-state index contributed by atoms with van der Waals surface area (Å²) < 4.78 is 22.5. The standard InChI is InChI=1S/C28H34O6/c1-3-31-25(29)17-9-11-19-33-27-21-13-5-7-15-23(21)28(24-16-8-6-14-22(24)27)34-20-12-10-18-26(30)32-4-2/h5-8,13-16H,3-4,9-12,17-20H2,1-2H3. The maximum Gasteiger partial charge on any atom is 0.305 e. The van der Waals surface area contributed by atoms with Crippen LogP contribution in [-0.2, 0) is 19.1 Å². The molecule has 0 N–H and O–H groups in total. The molecule has 0 spiro atoms. The van der Waals surface area contributed by atoms with E-state index in [1.165, 1.54) is 0 Å². The highest BCUT2D eigenvalue weighted by atomic mass is 16.5. The minimum atomic E-state index is -0.165. The van der Waals surface area contributed by atoms with Crippen LogP contribution in [-0.4, -0.2) is 38.4 Å². The van der Waals surface area contributed by atoms with Crippen molar-refractivity contribution in [3.63, 3.8) is 0 Å². The third-order valence-corrected chi connectivity index (χ3v) is 5.49. The summed E-state index contributed by atoms with van der Waals surface area (Å²) in [5.74, 6) is 1.33. The van der Waals surface area contributed by atoms with Crippen LogP contribution in [0.5, 0.6) is 11.5 Å². The van der Waals surface area contributed by atoms with Crippen molar-refractivity contribution >= 4 is 33.5 Å². The van der Waals surface area contributed by atoms with Crippen molar-refractivity contribution in [2.45, 2.75) is 52.4 Å². The fourth-order valence-corrected chi connectivity index (χ4v) is 3.92. The molecule has 0 amide bonds. The van der Waals surface area contributed by atoms with Crippen LogP contribution >= 0.6 is 0 Å². The van der Waals surface area contributed by atoms with Crippen molar-refractivity contribution in [3.05, 3.63) is 48.5 Å². The van der Waals surface area contributed by atoms with Gasteiger partial charge in [0.25, 0.3) is 0 Å². The molecular weight excluding hydrogens is 432 g/mol. The van der Waals surface area contributed by atoms with Crippen LogP contribution in [0, 0.1) is 0 Å². The molecule has 0 aliphatic carbocycles. The lowest BCUT2D eigenvalue weighted by Gasteiger charge is -2.18. The first-order valence-corrected chi connectivity index (χ1v) is 12.2. The molecule has 0 aromatic heterocycles. The fraction of sp³-hybridized carbons (Fsp3) is 0.429. The van der Waals surface area contributed by atoms with Crippen molar-refractivity contribution in [3.8, 4) is 11.5 Å². The van der Waals surface area contributed by atoms with Crippen molar-refractivity contribution < 1.29 is 28.5 Å². The van der Waals surface area contributed by atoms with Crippen LogP contribution in [0.4, 0.5) is 0 Å². The molecular formula is C28H34O6. The quantitative estimate of drug-likeness (QED) is 0.160. The predicted octanol–water partition coefficient (Wildman–Crippen LogP) is 6.22. The van der Waals surface area contributed by atoms with E-state index >= 15 is 0 Å². The second-order valence-electron chi connectivity index (χ2n) is 7.97. The smallest absolute Gasteiger partial charge is 0.305 e. The number of esters is 2. The van der Waals surface area contributed by atoms with Crippen molar-refractivity contribution in [1.29, 1.82) is 0 Å². The van der Waals surface area contributed by atoms with Crippen LogP contribution < -0.4 is 9.47 Å². The second kappa shape index (κ2) is 13.4. The van der Waals surface area contributed by atoms with Crippen molar-refractivity contribution in [2.24, 2.45) is 0 Å². The van der Waals surface area contributed by atoms with E-state index < -0.39 is 0 Å². The van der Waals surface area contributed by atoms with E-state index in [-0.39, 0.29) is 11.9 Å². The summed E-state index contributed by atoms with van der Waals surface area (Å²) in [6.45, 7) is 5.48. The zero-order valence-corrected chi connectivity index (χ0v) is 20.1. The number of carbonyl (C=O) groups is 2. The van der Waals surface area contributed by atoms with Gasteiger partial charge in [0.05, 0.1) is 26.4 Å². The number of carbonyl (C=O) groups excluding carboxylic acids is 2. The Morgan fingerprint density at radius 3 is 1.26 bits per heavy atom. The summed E-state index contributed by atoms with van der Waals surface area (Å²) in [5, 5.41) is 3.97. The van der Waals surface area contributed by atoms with Crippen LogP contribution in [0.3, 0.4) is 0 Å². The van der Waals surface area contributed by atoms with E-state index in [4.69, 9.17) is 18.9 Å². The van der Waals surface area contributed by atoms with E-state index in [9.17, 15) is 9.59 Å². The van der Waals surface area contributed by atoms with Gasteiger partial charge in [0.1, 0.15) is 11.5 Å². The van der Waals surface area contributed by atoms with Gasteiger partial charge < -0.3 is 18.9 Å². The van der Waals surface area contributed by atoms with Crippen LogP contribution in [0.15, 0.2) is 48.5 Å². The molecule has 3 aromatic carbocycles. The Bertz CT molecular complexity index is 948. The zero-order valence-electron chi connectivity index (χ0n) is 20.1. The number of unbranched alkanes of at least 4 members (excludes halogenated alkanes) is 2. The minimum absolute atomic E-state index is 0.165. The summed E-state index contributed by atoms with van der Waals surface area (Å²) in [4.78, 5) is 23.1. The Morgan fingerprint density at radius 1 is 0.588 bits per heavy atom. The summed E-state index contributed by atoms with van der Waals surface area (Å²) in [6, 6.07) is 16.2. The highest BCUT2D eigenvalue weighted by molar-refractivity contribution is 6.11. The lowest BCUT2D eigenvalue weighted by Crippen LogP contribution is -2.06. The molecule has 6 nitrogen and oxygen atoms in total. The van der Waals surface area contributed by atoms with Gasteiger partial charge in [0.2, 0.25) is 0 Å². The number of fused-ring (bicyclic) bond motifs is 2. The number of benzene rings is 3. The van der Waals surface area contributed by atoms with E-state index in [1.807, 2.05) is 62.4 Å². The monoisotopic (exact) mass is 466 g/mol. The van der Waals surface area contributed by atoms with Gasteiger partial charge in [-0.25, -0.2) is 0 Å². The Hall–Kier alpha value is -3.28. The largest absolute Gasteiger partial charge is 0.492 e. The third-order valence-electron chi connectivity index (χ3n) is 5.49. The average molecular weight is 467 g/mol. The van der Waals surface area contributed by atoms with Gasteiger partial charge in [-0.05, 0) is 39.5 Å². The molecule has 0 saturated heterocycles. The maximum absolute atomic E-state index is 11.6. The minimum Gasteiger partial charge on any atom is -0.492 e. The number of rotatable bonds is 14. The van der Waals surface area contributed by atoms with Gasteiger partial charge in [-0.2, -0.15) is 0 Å². The molecule has 0 unspecified atom stereocenters. The van der Waals surface area contributed by atoms with E-state index in [0.717, 1.165) is 58.7 Å². The summed E-state index contributed by atoms with van der Waals surface area (Å²) in [6.07, 6.45) is 3.78. The first-order chi connectivity index (χ1) is 16.7. The highest BCUT2D eigenvalue weighted by Gasteiger charge is 2.16. The molecule has 0 fully saturated rings. The van der Waals surface area contributed by atoms with Crippen LogP contribution in [0.2, 0.25) is 0 Å². The molecule has 0 heterocycles. The van der Waals surface area contributed by atoms with Crippen molar-refractivity contribution in [2.75, 3.05) is 26.4 Å². The van der Waals surface area contributed by atoms with E-state index in [1.54, 1.807) is 0 Å². The fourth-order valence-electron chi connectivity index (χ4n) is 3.92.